The van der Waals surface area contributed by atoms with Crippen molar-refractivity contribution in [2.75, 3.05) is 33.4 Å². The van der Waals surface area contributed by atoms with Crippen molar-refractivity contribution in [1.82, 2.24) is 19.4 Å². The van der Waals surface area contributed by atoms with Crippen LogP contribution < -0.4 is 20.7 Å². The summed E-state index contributed by atoms with van der Waals surface area (Å²) < 4.78 is 14.5. The molecule has 1 aromatic carbocycles. The fourth-order valence-electron chi connectivity index (χ4n) is 5.44. The van der Waals surface area contributed by atoms with E-state index in [0.717, 1.165) is 60.7 Å². The number of fused-ring (bicyclic) bond motifs is 6. The van der Waals surface area contributed by atoms with Crippen LogP contribution in [0.15, 0.2) is 46.2 Å². The molecule has 6 rings (SSSR count). The van der Waals surface area contributed by atoms with Crippen LogP contribution >= 0.6 is 36.2 Å². The highest BCUT2D eigenvalue weighted by atomic mass is 35.5. The number of likely N-dealkylation sites (tertiary alicyclic amines) is 1. The van der Waals surface area contributed by atoms with Gasteiger partial charge in [0.1, 0.15) is 16.2 Å². The number of ether oxygens (including phenoxy) is 2. The van der Waals surface area contributed by atoms with Gasteiger partial charge in [0.05, 0.1) is 19.2 Å². The van der Waals surface area contributed by atoms with Crippen molar-refractivity contribution in [3.8, 4) is 11.5 Å². The molecular weight excluding hydrogens is 523 g/mol. The average molecular weight is 551 g/mol. The number of thiophene rings is 1. The molecule has 0 radical (unpaired) electrons. The van der Waals surface area contributed by atoms with Crippen molar-refractivity contribution >= 4 is 56.5 Å². The summed E-state index contributed by atoms with van der Waals surface area (Å²) in [7, 11) is 1.71. The van der Waals surface area contributed by atoms with Crippen molar-refractivity contribution in [2.45, 2.75) is 25.3 Å². The summed E-state index contributed by atoms with van der Waals surface area (Å²) in [5.41, 5.74) is 1.22. The first-order valence-corrected chi connectivity index (χ1v) is 12.5. The van der Waals surface area contributed by atoms with Crippen LogP contribution in [0.25, 0.3) is 20.3 Å². The molecule has 0 aliphatic carbocycles. The van der Waals surface area contributed by atoms with Crippen LogP contribution in [-0.2, 0) is 6.54 Å². The summed E-state index contributed by atoms with van der Waals surface area (Å²) in [5.74, 6) is 2.71. The summed E-state index contributed by atoms with van der Waals surface area (Å²) in [6, 6.07) is 7.87. The first-order valence-electron chi connectivity index (χ1n) is 11.7. The molecule has 2 atom stereocenters. The summed E-state index contributed by atoms with van der Waals surface area (Å²) in [4.78, 5) is 35.2. The Kier molecular flexibility index (Phi) is 7.94. The van der Waals surface area contributed by atoms with Crippen LogP contribution in [0.2, 0.25) is 0 Å². The number of methoxy groups -OCH3 is 1. The van der Waals surface area contributed by atoms with E-state index < -0.39 is 0 Å². The monoisotopic (exact) mass is 550 g/mol. The number of pyridine rings is 1. The first-order chi connectivity index (χ1) is 16.6. The predicted octanol–water partition coefficient (Wildman–Crippen LogP) is 4.04. The van der Waals surface area contributed by atoms with Gasteiger partial charge in [-0.3, -0.25) is 14.3 Å². The van der Waals surface area contributed by atoms with E-state index in [1.807, 2.05) is 24.3 Å². The molecule has 0 saturated carbocycles. The van der Waals surface area contributed by atoms with Gasteiger partial charge in [-0.15, -0.1) is 36.2 Å². The normalized spacial score (nSPS) is 18.7. The fraction of sp³-hybridized carbons (Fsp3) is 0.400. The Morgan fingerprint density at radius 2 is 2.00 bits per heavy atom. The Morgan fingerprint density at radius 3 is 2.83 bits per heavy atom. The molecule has 0 bridgehead atoms. The Hall–Kier alpha value is -2.59. The molecule has 0 amide bonds. The van der Waals surface area contributed by atoms with E-state index in [4.69, 9.17) is 9.47 Å². The number of benzene rings is 1. The fourth-order valence-corrected chi connectivity index (χ4v) is 6.52. The Morgan fingerprint density at radius 1 is 1.17 bits per heavy atom. The van der Waals surface area contributed by atoms with Crippen molar-refractivity contribution in [3.05, 3.63) is 63.1 Å². The van der Waals surface area contributed by atoms with Gasteiger partial charge in [-0.1, -0.05) is 6.07 Å². The highest BCUT2D eigenvalue weighted by molar-refractivity contribution is 7.25. The van der Waals surface area contributed by atoms with Gasteiger partial charge in [-0.05, 0) is 37.6 Å². The lowest BCUT2D eigenvalue weighted by molar-refractivity contribution is 0.209. The number of nitrogens with one attached hydrogen (secondary N) is 1. The van der Waals surface area contributed by atoms with Crippen molar-refractivity contribution < 1.29 is 9.47 Å². The largest absolute Gasteiger partial charge is 0.496 e. The third-order valence-electron chi connectivity index (χ3n) is 7.10. The summed E-state index contributed by atoms with van der Waals surface area (Å²) >= 11 is 1.41. The van der Waals surface area contributed by atoms with Crippen LogP contribution in [0.1, 0.15) is 24.3 Å². The van der Waals surface area contributed by atoms with Gasteiger partial charge in [-0.25, -0.2) is 4.79 Å². The molecule has 11 heteroatoms. The lowest BCUT2D eigenvalue weighted by Gasteiger charge is -2.29. The SMILES string of the molecule is COc1cccc2c1[C@@H]1CN(CCCCn3c(=O)[nH]c4c(sc5ccncc54)c3=O)C[C@@H]1CO2.Cl.Cl. The van der Waals surface area contributed by atoms with Gasteiger partial charge in [-0.2, -0.15) is 0 Å². The Balaban J connectivity index is 0.00000152. The quantitative estimate of drug-likeness (QED) is 0.364. The molecule has 3 aromatic heterocycles. The predicted molar refractivity (Wildman–Crippen MR) is 147 cm³/mol. The van der Waals surface area contributed by atoms with Gasteiger partial charge in [0.25, 0.3) is 5.56 Å². The first kappa shape index (κ1) is 26.5. The second-order valence-electron chi connectivity index (χ2n) is 9.08. The lowest BCUT2D eigenvalue weighted by atomic mass is 9.86. The molecule has 1 fully saturated rings. The minimum absolute atomic E-state index is 0. The van der Waals surface area contributed by atoms with Gasteiger partial charge in [0, 0.05) is 59.5 Å². The van der Waals surface area contributed by atoms with Gasteiger partial charge >= 0.3 is 5.69 Å². The maximum absolute atomic E-state index is 13.0. The van der Waals surface area contributed by atoms with Crippen LogP contribution in [0, 0.1) is 5.92 Å². The summed E-state index contributed by atoms with van der Waals surface area (Å²) in [5, 5.41) is 0.821. The number of hydrogen-bond donors (Lipinski definition) is 1. The second-order valence-corrected chi connectivity index (χ2v) is 10.1. The third-order valence-corrected chi connectivity index (χ3v) is 8.26. The number of hydrogen-bond acceptors (Lipinski definition) is 7. The topological polar surface area (TPSA) is 89.5 Å². The van der Waals surface area contributed by atoms with Crippen LogP contribution in [-0.4, -0.2) is 52.8 Å². The Bertz CT molecular complexity index is 1490. The number of H-pyrrole nitrogens is 1. The molecule has 8 nitrogen and oxygen atoms in total. The zero-order chi connectivity index (χ0) is 23.2. The maximum atomic E-state index is 13.0. The standard InChI is InChI=1S/C25H26N4O4S.2ClH/c1-32-18-5-4-6-19-21(18)17-13-28(12-15(17)14-33-19)9-2-3-10-29-24(30)23-22(27-25(29)31)16-11-26-8-7-20(16)34-23;;/h4-8,11,15,17H,2-3,9-10,12-14H2,1H3,(H,27,31);2*1H/t15-,17-;;/m1../s1. The van der Waals surface area contributed by atoms with E-state index in [9.17, 15) is 9.59 Å². The lowest BCUT2D eigenvalue weighted by Crippen LogP contribution is -2.34. The smallest absolute Gasteiger partial charge is 0.328 e. The van der Waals surface area contributed by atoms with Crippen LogP contribution in [0.4, 0.5) is 0 Å². The molecule has 0 unspecified atom stereocenters. The average Bonchev–Trinajstić information content (AvgIpc) is 3.44. The second kappa shape index (κ2) is 10.8. The molecule has 1 saturated heterocycles. The van der Waals surface area contributed by atoms with E-state index in [1.54, 1.807) is 19.5 Å². The minimum Gasteiger partial charge on any atom is -0.496 e. The van der Waals surface area contributed by atoms with E-state index in [-0.39, 0.29) is 36.1 Å². The highest BCUT2D eigenvalue weighted by Crippen LogP contribution is 2.46. The van der Waals surface area contributed by atoms with Crippen molar-refractivity contribution in [2.24, 2.45) is 5.92 Å². The van der Waals surface area contributed by atoms with Gasteiger partial charge < -0.3 is 19.4 Å². The van der Waals surface area contributed by atoms with E-state index >= 15 is 0 Å². The number of nitrogens with zero attached hydrogens (tertiary/aromatic N) is 3. The van der Waals surface area contributed by atoms with E-state index in [2.05, 4.69) is 14.9 Å². The number of rotatable bonds is 6. The number of unbranched alkanes of at least 4 members (excludes halogenated alkanes) is 1. The molecule has 1 N–H and O–H groups in total. The van der Waals surface area contributed by atoms with Crippen molar-refractivity contribution in [3.63, 3.8) is 0 Å². The number of aromatic nitrogens is 3. The highest BCUT2D eigenvalue weighted by Gasteiger charge is 2.40. The third kappa shape index (κ3) is 4.49. The van der Waals surface area contributed by atoms with E-state index in [1.165, 1.54) is 21.5 Å². The van der Waals surface area contributed by atoms with Gasteiger partial charge in [0.15, 0.2) is 0 Å². The molecule has 2 aliphatic rings. The molecule has 2 aliphatic heterocycles. The molecular formula is C25H28Cl2N4O4S. The van der Waals surface area contributed by atoms with Gasteiger partial charge in [0.2, 0.25) is 0 Å². The molecule has 192 valence electrons. The van der Waals surface area contributed by atoms with Crippen LogP contribution in [0.3, 0.4) is 0 Å². The molecule has 0 spiro atoms. The number of halogens is 2. The van der Waals surface area contributed by atoms with Crippen LogP contribution in [0.5, 0.6) is 11.5 Å². The number of aromatic amines is 1. The molecule has 36 heavy (non-hydrogen) atoms. The minimum atomic E-state index is -0.353. The molecule has 5 heterocycles. The zero-order valence-corrected chi connectivity index (χ0v) is 22.2. The Labute approximate surface area is 224 Å². The van der Waals surface area contributed by atoms with Crippen molar-refractivity contribution in [1.29, 1.82) is 0 Å². The summed E-state index contributed by atoms with van der Waals surface area (Å²) in [6.07, 6.45) is 5.08. The maximum Gasteiger partial charge on any atom is 0.328 e. The molecule has 4 aromatic rings. The zero-order valence-electron chi connectivity index (χ0n) is 19.8. The van der Waals surface area contributed by atoms with E-state index in [0.29, 0.717) is 28.6 Å². The summed E-state index contributed by atoms with van der Waals surface area (Å²) in [6.45, 7) is 4.04.